The predicted molar refractivity (Wildman–Crippen MR) is 54.7 cm³/mol. The van der Waals surface area contributed by atoms with Crippen LogP contribution in [0.4, 0.5) is 0 Å². The van der Waals surface area contributed by atoms with Gasteiger partial charge in [-0.2, -0.15) is 0 Å². The lowest BCUT2D eigenvalue weighted by molar-refractivity contribution is 0.559. The van der Waals surface area contributed by atoms with Crippen molar-refractivity contribution >= 4 is 0 Å². The van der Waals surface area contributed by atoms with Crippen LogP contribution in [0.25, 0.3) is 0 Å². The normalized spacial score (nSPS) is 10.6. The van der Waals surface area contributed by atoms with Crippen molar-refractivity contribution in [1.82, 2.24) is 9.88 Å². The molecular formula is C11H14N2O. The summed E-state index contributed by atoms with van der Waals surface area (Å²) >= 11 is 0. The Morgan fingerprint density at radius 1 is 1.36 bits per heavy atom. The summed E-state index contributed by atoms with van der Waals surface area (Å²) in [6.45, 7) is 1.73. The number of rotatable bonds is 4. The van der Waals surface area contributed by atoms with Crippen LogP contribution in [0.1, 0.15) is 11.3 Å². The fraction of sp³-hybridized carbons (Fsp3) is 0.273. The van der Waals surface area contributed by atoms with Crippen LogP contribution in [-0.2, 0) is 20.1 Å². The van der Waals surface area contributed by atoms with Crippen molar-refractivity contribution in [2.45, 2.75) is 13.1 Å². The summed E-state index contributed by atoms with van der Waals surface area (Å²) in [5.41, 5.74) is 2.47. The van der Waals surface area contributed by atoms with Gasteiger partial charge in [-0.05, 0) is 18.2 Å². The Hall–Kier alpha value is -1.48. The number of aryl methyl sites for hydroxylation is 1. The van der Waals surface area contributed by atoms with Gasteiger partial charge in [0.1, 0.15) is 0 Å². The molecule has 0 aliphatic heterocycles. The van der Waals surface area contributed by atoms with Gasteiger partial charge in [-0.25, -0.2) is 0 Å². The standard InChI is InChI=1S/C11H14N2O/c1-13-5-2-3-11(13)8-12-7-10-4-6-14-9-10/h2-6,9,12H,7-8H2,1H3. The van der Waals surface area contributed by atoms with Gasteiger partial charge in [-0.3, -0.25) is 0 Å². The highest BCUT2D eigenvalue weighted by Gasteiger charge is 1.97. The van der Waals surface area contributed by atoms with Crippen LogP contribution < -0.4 is 5.32 Å². The first-order valence-electron chi connectivity index (χ1n) is 4.68. The van der Waals surface area contributed by atoms with Gasteiger partial charge in [0.2, 0.25) is 0 Å². The van der Waals surface area contributed by atoms with Gasteiger partial charge in [0.15, 0.2) is 0 Å². The summed E-state index contributed by atoms with van der Waals surface area (Å²) in [7, 11) is 2.05. The van der Waals surface area contributed by atoms with Gasteiger partial charge < -0.3 is 14.3 Å². The highest BCUT2D eigenvalue weighted by Crippen LogP contribution is 2.01. The van der Waals surface area contributed by atoms with Crippen LogP contribution in [0.2, 0.25) is 0 Å². The monoisotopic (exact) mass is 190 g/mol. The summed E-state index contributed by atoms with van der Waals surface area (Å²) in [5.74, 6) is 0. The summed E-state index contributed by atoms with van der Waals surface area (Å²) in [6.07, 6.45) is 5.51. The molecule has 0 radical (unpaired) electrons. The second-order valence-electron chi connectivity index (χ2n) is 3.35. The molecule has 2 rings (SSSR count). The van der Waals surface area contributed by atoms with E-state index in [1.54, 1.807) is 12.5 Å². The van der Waals surface area contributed by atoms with E-state index in [2.05, 4.69) is 35.3 Å². The molecule has 14 heavy (non-hydrogen) atoms. The van der Waals surface area contributed by atoms with E-state index in [-0.39, 0.29) is 0 Å². The average molecular weight is 190 g/mol. The van der Waals surface area contributed by atoms with E-state index < -0.39 is 0 Å². The zero-order valence-corrected chi connectivity index (χ0v) is 8.23. The van der Waals surface area contributed by atoms with E-state index in [9.17, 15) is 0 Å². The second-order valence-corrected chi connectivity index (χ2v) is 3.35. The number of aromatic nitrogens is 1. The molecule has 0 atom stereocenters. The van der Waals surface area contributed by atoms with Crippen LogP contribution in [-0.4, -0.2) is 4.57 Å². The molecule has 0 spiro atoms. The molecule has 2 aromatic heterocycles. The molecule has 0 saturated heterocycles. The zero-order valence-electron chi connectivity index (χ0n) is 8.23. The number of hydrogen-bond donors (Lipinski definition) is 1. The molecule has 3 heteroatoms. The lowest BCUT2D eigenvalue weighted by atomic mass is 10.3. The molecule has 0 saturated carbocycles. The van der Waals surface area contributed by atoms with Gasteiger partial charge in [-0.15, -0.1) is 0 Å². The fourth-order valence-corrected chi connectivity index (χ4v) is 1.41. The Morgan fingerprint density at radius 3 is 2.93 bits per heavy atom. The van der Waals surface area contributed by atoms with Gasteiger partial charge in [0.05, 0.1) is 12.5 Å². The molecule has 2 heterocycles. The molecule has 0 unspecified atom stereocenters. The number of nitrogens with zero attached hydrogens (tertiary/aromatic N) is 1. The Kier molecular flexibility index (Phi) is 2.70. The molecular weight excluding hydrogens is 176 g/mol. The van der Waals surface area contributed by atoms with Gasteiger partial charge in [-0.1, -0.05) is 0 Å². The van der Waals surface area contributed by atoms with Crippen molar-refractivity contribution in [3.8, 4) is 0 Å². The molecule has 0 fully saturated rings. The third-order valence-electron chi connectivity index (χ3n) is 2.27. The van der Waals surface area contributed by atoms with Gasteiger partial charge >= 0.3 is 0 Å². The van der Waals surface area contributed by atoms with Crippen LogP contribution in [0, 0.1) is 0 Å². The third kappa shape index (κ3) is 2.06. The largest absolute Gasteiger partial charge is 0.472 e. The van der Waals surface area contributed by atoms with E-state index in [0.29, 0.717) is 0 Å². The van der Waals surface area contributed by atoms with E-state index in [1.165, 1.54) is 11.3 Å². The molecule has 2 aromatic rings. The Balaban J connectivity index is 1.81. The highest BCUT2D eigenvalue weighted by molar-refractivity contribution is 5.08. The summed E-state index contributed by atoms with van der Waals surface area (Å²) in [5, 5.41) is 3.35. The van der Waals surface area contributed by atoms with E-state index >= 15 is 0 Å². The lowest BCUT2D eigenvalue weighted by Crippen LogP contribution is -2.14. The first-order valence-corrected chi connectivity index (χ1v) is 4.68. The second kappa shape index (κ2) is 4.15. The lowest BCUT2D eigenvalue weighted by Gasteiger charge is -2.04. The summed E-state index contributed by atoms with van der Waals surface area (Å²) in [6, 6.07) is 6.13. The third-order valence-corrected chi connectivity index (χ3v) is 2.27. The molecule has 0 aromatic carbocycles. The smallest absolute Gasteiger partial charge is 0.0947 e. The summed E-state index contributed by atoms with van der Waals surface area (Å²) in [4.78, 5) is 0. The van der Waals surface area contributed by atoms with Crippen molar-refractivity contribution in [3.05, 3.63) is 48.2 Å². The molecule has 1 N–H and O–H groups in total. The average Bonchev–Trinajstić information content (AvgIpc) is 2.78. The minimum atomic E-state index is 0.849. The minimum absolute atomic E-state index is 0.849. The van der Waals surface area contributed by atoms with E-state index in [4.69, 9.17) is 4.42 Å². The van der Waals surface area contributed by atoms with Gasteiger partial charge in [0, 0.05) is 37.6 Å². The minimum Gasteiger partial charge on any atom is -0.472 e. The van der Waals surface area contributed by atoms with Crippen molar-refractivity contribution < 1.29 is 4.42 Å². The maximum Gasteiger partial charge on any atom is 0.0947 e. The molecule has 0 aliphatic rings. The predicted octanol–water partition coefficient (Wildman–Crippen LogP) is 1.91. The molecule has 0 amide bonds. The Morgan fingerprint density at radius 2 is 2.29 bits per heavy atom. The van der Waals surface area contributed by atoms with Crippen LogP contribution in [0.15, 0.2) is 41.3 Å². The summed E-state index contributed by atoms with van der Waals surface area (Å²) < 4.78 is 7.09. The van der Waals surface area contributed by atoms with E-state index in [1.807, 2.05) is 6.07 Å². The Labute approximate surface area is 83.3 Å². The van der Waals surface area contributed by atoms with E-state index in [0.717, 1.165) is 13.1 Å². The molecule has 0 bridgehead atoms. The topological polar surface area (TPSA) is 30.1 Å². The SMILES string of the molecule is Cn1cccc1CNCc1ccoc1. The number of hydrogen-bond acceptors (Lipinski definition) is 2. The van der Waals surface area contributed by atoms with Crippen LogP contribution in [0.5, 0.6) is 0 Å². The van der Waals surface area contributed by atoms with Crippen molar-refractivity contribution in [3.63, 3.8) is 0 Å². The van der Waals surface area contributed by atoms with Crippen LogP contribution >= 0.6 is 0 Å². The first-order chi connectivity index (χ1) is 6.86. The molecule has 74 valence electrons. The van der Waals surface area contributed by atoms with Gasteiger partial charge in [0.25, 0.3) is 0 Å². The van der Waals surface area contributed by atoms with Crippen molar-refractivity contribution in [2.75, 3.05) is 0 Å². The fourth-order valence-electron chi connectivity index (χ4n) is 1.41. The Bertz CT molecular complexity index is 376. The molecule has 0 aliphatic carbocycles. The van der Waals surface area contributed by atoms with Crippen molar-refractivity contribution in [1.29, 1.82) is 0 Å². The maximum absolute atomic E-state index is 4.98. The van der Waals surface area contributed by atoms with Crippen molar-refractivity contribution in [2.24, 2.45) is 7.05 Å². The number of nitrogens with one attached hydrogen (secondary N) is 1. The first kappa shape index (κ1) is 9.09. The molecule has 3 nitrogen and oxygen atoms in total. The quantitative estimate of drug-likeness (QED) is 0.798. The maximum atomic E-state index is 4.98. The van der Waals surface area contributed by atoms with Crippen LogP contribution in [0.3, 0.4) is 0 Å². The highest BCUT2D eigenvalue weighted by atomic mass is 16.3. The number of furan rings is 1. The zero-order chi connectivity index (χ0) is 9.80.